The quantitative estimate of drug-likeness (QED) is 0.645. The highest BCUT2D eigenvalue weighted by Crippen LogP contribution is 2.40. The number of aliphatic hydroxyl groups is 2. The molecule has 128 valence electrons. The van der Waals surface area contributed by atoms with Crippen molar-refractivity contribution in [3.8, 4) is 5.75 Å². The first-order valence-corrected chi connectivity index (χ1v) is 8.12. The van der Waals surface area contributed by atoms with Crippen LogP contribution < -0.4 is 5.73 Å². The molecule has 6 nitrogen and oxygen atoms in total. The SMILES string of the molecule is N[C@@H](c1c(O)ccc(Cl)c1Cl)C1CCN(C(=O)[C@H](O)CO)CC1. The number of halogens is 2. The normalized spacial score (nSPS) is 18.7. The molecule has 5 N–H and O–H groups in total. The van der Waals surface area contributed by atoms with E-state index < -0.39 is 24.7 Å². The fourth-order valence-corrected chi connectivity index (χ4v) is 3.33. The molecule has 0 aromatic heterocycles. The number of likely N-dealkylation sites (tertiary alicyclic amines) is 1. The van der Waals surface area contributed by atoms with Gasteiger partial charge >= 0.3 is 0 Å². The number of amides is 1. The van der Waals surface area contributed by atoms with Crippen molar-refractivity contribution < 1.29 is 20.1 Å². The average Bonchev–Trinajstić information content (AvgIpc) is 2.57. The summed E-state index contributed by atoms with van der Waals surface area (Å²) in [6.07, 6.45) is -0.174. The van der Waals surface area contributed by atoms with Crippen molar-refractivity contribution in [3.63, 3.8) is 0 Å². The molecule has 1 aliphatic rings. The number of aromatic hydroxyl groups is 1. The number of aliphatic hydroxyl groups excluding tert-OH is 2. The minimum atomic E-state index is -1.38. The van der Waals surface area contributed by atoms with Gasteiger partial charge in [-0.2, -0.15) is 0 Å². The van der Waals surface area contributed by atoms with Crippen molar-refractivity contribution in [1.82, 2.24) is 4.90 Å². The molecule has 8 heteroatoms. The van der Waals surface area contributed by atoms with Gasteiger partial charge in [-0.25, -0.2) is 0 Å². The highest BCUT2D eigenvalue weighted by atomic mass is 35.5. The lowest BCUT2D eigenvalue weighted by atomic mass is 9.85. The molecule has 2 atom stereocenters. The molecule has 0 saturated carbocycles. The molecular formula is C15H20Cl2N2O4. The number of benzene rings is 1. The van der Waals surface area contributed by atoms with Crippen molar-refractivity contribution in [2.24, 2.45) is 11.7 Å². The van der Waals surface area contributed by atoms with Crippen LogP contribution in [0.5, 0.6) is 5.75 Å². The number of nitrogens with zero attached hydrogens (tertiary/aromatic N) is 1. The van der Waals surface area contributed by atoms with Crippen LogP contribution in [0.15, 0.2) is 12.1 Å². The van der Waals surface area contributed by atoms with E-state index in [-0.39, 0.29) is 16.7 Å². The Balaban J connectivity index is 2.06. The van der Waals surface area contributed by atoms with E-state index >= 15 is 0 Å². The molecule has 1 aromatic rings. The van der Waals surface area contributed by atoms with Gasteiger partial charge in [0.2, 0.25) is 0 Å². The zero-order chi connectivity index (χ0) is 17.1. The first-order valence-electron chi connectivity index (χ1n) is 7.37. The Kier molecular flexibility index (Phi) is 6.11. The van der Waals surface area contributed by atoms with E-state index in [4.69, 9.17) is 34.0 Å². The van der Waals surface area contributed by atoms with Crippen molar-refractivity contribution in [2.45, 2.75) is 25.0 Å². The van der Waals surface area contributed by atoms with Gasteiger partial charge in [0.15, 0.2) is 6.10 Å². The lowest BCUT2D eigenvalue weighted by molar-refractivity contribution is -0.143. The third-order valence-electron chi connectivity index (χ3n) is 4.26. The molecule has 1 fully saturated rings. The Hall–Kier alpha value is -1.05. The monoisotopic (exact) mass is 362 g/mol. The second kappa shape index (κ2) is 7.68. The van der Waals surface area contributed by atoms with E-state index in [2.05, 4.69) is 0 Å². The van der Waals surface area contributed by atoms with Crippen molar-refractivity contribution in [1.29, 1.82) is 0 Å². The van der Waals surface area contributed by atoms with Crippen LogP contribution in [-0.2, 0) is 4.79 Å². The fraction of sp³-hybridized carbons (Fsp3) is 0.533. The second-order valence-corrected chi connectivity index (χ2v) is 6.47. The Morgan fingerprint density at radius 2 is 1.96 bits per heavy atom. The molecule has 1 amide bonds. The molecule has 0 spiro atoms. The number of carbonyl (C=O) groups is 1. The predicted molar refractivity (Wildman–Crippen MR) is 87.5 cm³/mol. The number of rotatable bonds is 4. The number of hydrogen-bond donors (Lipinski definition) is 4. The third-order valence-corrected chi connectivity index (χ3v) is 5.08. The van der Waals surface area contributed by atoms with Gasteiger partial charge < -0.3 is 26.0 Å². The summed E-state index contributed by atoms with van der Waals surface area (Å²) in [5, 5.41) is 28.8. The van der Waals surface area contributed by atoms with Crippen molar-refractivity contribution >= 4 is 29.1 Å². The summed E-state index contributed by atoms with van der Waals surface area (Å²) in [4.78, 5) is 13.3. The molecule has 1 heterocycles. The molecule has 0 bridgehead atoms. The maximum atomic E-state index is 11.8. The van der Waals surface area contributed by atoms with Crippen LogP contribution in [0.25, 0.3) is 0 Å². The Labute approximate surface area is 144 Å². The van der Waals surface area contributed by atoms with Crippen LogP contribution in [0, 0.1) is 5.92 Å². The molecule has 1 saturated heterocycles. The summed E-state index contributed by atoms with van der Waals surface area (Å²) < 4.78 is 0. The number of phenolic OH excluding ortho intramolecular Hbond substituents is 1. The summed E-state index contributed by atoms with van der Waals surface area (Å²) in [7, 11) is 0. The lowest BCUT2D eigenvalue weighted by Crippen LogP contribution is -2.46. The number of hydrogen-bond acceptors (Lipinski definition) is 5. The summed E-state index contributed by atoms with van der Waals surface area (Å²) in [6.45, 7) is 0.255. The first-order chi connectivity index (χ1) is 10.9. The van der Waals surface area contributed by atoms with Gasteiger partial charge in [0.05, 0.1) is 16.7 Å². The Morgan fingerprint density at radius 1 is 1.35 bits per heavy atom. The first kappa shape index (κ1) is 18.3. The fourth-order valence-electron chi connectivity index (χ4n) is 2.88. The predicted octanol–water partition coefficient (Wildman–Crippen LogP) is 1.29. The topological polar surface area (TPSA) is 107 Å². The number of piperidine rings is 1. The van der Waals surface area contributed by atoms with Gasteiger partial charge in [0.25, 0.3) is 5.91 Å². The van der Waals surface area contributed by atoms with Crippen LogP contribution >= 0.6 is 23.2 Å². The maximum absolute atomic E-state index is 11.8. The molecule has 0 aliphatic carbocycles. The second-order valence-electron chi connectivity index (χ2n) is 5.68. The van der Waals surface area contributed by atoms with Gasteiger partial charge in [-0.3, -0.25) is 4.79 Å². The summed E-state index contributed by atoms with van der Waals surface area (Å²) in [5.74, 6) is -0.462. The van der Waals surface area contributed by atoms with Crippen LogP contribution in [0.4, 0.5) is 0 Å². The van der Waals surface area contributed by atoms with Gasteiger partial charge in [-0.15, -0.1) is 0 Å². The number of carbonyl (C=O) groups excluding carboxylic acids is 1. The Morgan fingerprint density at radius 3 is 2.52 bits per heavy atom. The van der Waals surface area contributed by atoms with Gasteiger partial charge in [0, 0.05) is 24.7 Å². The van der Waals surface area contributed by atoms with Crippen molar-refractivity contribution in [2.75, 3.05) is 19.7 Å². The molecular weight excluding hydrogens is 343 g/mol. The van der Waals surface area contributed by atoms with E-state index in [1.54, 1.807) is 0 Å². The standard InChI is InChI=1S/C15H20Cl2N2O4/c16-9-1-2-10(21)12(13(9)17)14(18)8-3-5-19(6-4-8)15(23)11(22)7-20/h1-2,8,11,14,20-22H,3-7,18H2/t11-,14-/m1/s1. The smallest absolute Gasteiger partial charge is 0.253 e. The van der Waals surface area contributed by atoms with E-state index in [1.807, 2.05) is 0 Å². The average molecular weight is 363 g/mol. The summed E-state index contributed by atoms with van der Waals surface area (Å²) >= 11 is 12.1. The highest BCUT2D eigenvalue weighted by Gasteiger charge is 2.31. The number of phenols is 1. The molecule has 1 aromatic carbocycles. The zero-order valence-corrected chi connectivity index (χ0v) is 14.0. The van der Waals surface area contributed by atoms with Crippen LogP contribution in [0.1, 0.15) is 24.4 Å². The van der Waals surface area contributed by atoms with Gasteiger partial charge in [-0.1, -0.05) is 23.2 Å². The molecule has 23 heavy (non-hydrogen) atoms. The highest BCUT2D eigenvalue weighted by molar-refractivity contribution is 6.42. The largest absolute Gasteiger partial charge is 0.508 e. The third kappa shape index (κ3) is 3.89. The Bertz CT molecular complexity index is 577. The van der Waals surface area contributed by atoms with Crippen LogP contribution in [-0.4, -0.2) is 51.9 Å². The van der Waals surface area contributed by atoms with E-state index in [9.17, 15) is 15.0 Å². The maximum Gasteiger partial charge on any atom is 0.253 e. The zero-order valence-electron chi connectivity index (χ0n) is 12.5. The molecule has 2 rings (SSSR count). The van der Waals surface area contributed by atoms with Gasteiger partial charge in [0.1, 0.15) is 5.75 Å². The van der Waals surface area contributed by atoms with Crippen LogP contribution in [0.3, 0.4) is 0 Å². The lowest BCUT2D eigenvalue weighted by Gasteiger charge is -2.36. The molecule has 0 radical (unpaired) electrons. The van der Waals surface area contributed by atoms with E-state index in [1.165, 1.54) is 17.0 Å². The molecule has 1 aliphatic heterocycles. The van der Waals surface area contributed by atoms with E-state index in [0.29, 0.717) is 36.5 Å². The van der Waals surface area contributed by atoms with Crippen molar-refractivity contribution in [3.05, 3.63) is 27.7 Å². The summed E-state index contributed by atoms with van der Waals surface area (Å²) in [5.41, 5.74) is 6.67. The minimum Gasteiger partial charge on any atom is -0.508 e. The number of nitrogens with two attached hydrogens (primary N) is 1. The minimum absolute atomic E-state index is 0.00103. The molecule has 0 unspecified atom stereocenters. The summed E-state index contributed by atoms with van der Waals surface area (Å²) in [6, 6.07) is 2.47. The van der Waals surface area contributed by atoms with E-state index in [0.717, 1.165) is 0 Å². The van der Waals surface area contributed by atoms with Crippen LogP contribution in [0.2, 0.25) is 10.0 Å². The van der Waals surface area contributed by atoms with Gasteiger partial charge in [-0.05, 0) is 30.9 Å².